The average Bonchev–Trinajstić information content (AvgIpc) is 2.83. The van der Waals surface area contributed by atoms with Crippen LogP contribution in [0.2, 0.25) is 10.0 Å². The summed E-state index contributed by atoms with van der Waals surface area (Å²) in [6.07, 6.45) is 0. The summed E-state index contributed by atoms with van der Waals surface area (Å²) >= 11 is 12.2. The molecule has 1 atom stereocenters. The first-order valence-electron chi connectivity index (χ1n) is 12.4. The summed E-state index contributed by atoms with van der Waals surface area (Å²) in [6.45, 7) is 4.40. The van der Waals surface area contributed by atoms with Crippen molar-refractivity contribution in [2.45, 2.75) is 25.9 Å². The number of carbonyl (C=O) groups excluding carboxylic acids is 2. The molecule has 0 radical (unpaired) electrons. The van der Waals surface area contributed by atoms with Gasteiger partial charge < -0.3 is 11.1 Å². The SMILES string of the molecule is Cc1cc(NS(=O)(=O)CC2CN(C(c3ccc(Cl)cc3)c3ccc(Cl)cc3)C2)cc(C(=O)N[C@@H](C)C(N)=O)c1. The van der Waals surface area contributed by atoms with Crippen LogP contribution in [0.15, 0.2) is 66.7 Å². The molecule has 1 aliphatic heterocycles. The minimum atomic E-state index is -3.70. The Labute approximate surface area is 238 Å². The molecule has 1 heterocycles. The summed E-state index contributed by atoms with van der Waals surface area (Å²) in [5.41, 5.74) is 8.52. The van der Waals surface area contributed by atoms with Gasteiger partial charge in [0.05, 0.1) is 11.8 Å². The minimum absolute atomic E-state index is 0.0629. The number of nitrogens with zero attached hydrogens (tertiary/aromatic N) is 1. The van der Waals surface area contributed by atoms with E-state index in [9.17, 15) is 18.0 Å². The van der Waals surface area contributed by atoms with Crippen molar-refractivity contribution < 1.29 is 18.0 Å². The maximum absolute atomic E-state index is 13.0. The van der Waals surface area contributed by atoms with Gasteiger partial charge >= 0.3 is 0 Å². The second kappa shape index (κ2) is 12.0. The first-order chi connectivity index (χ1) is 18.4. The van der Waals surface area contributed by atoms with Crippen molar-refractivity contribution in [2.24, 2.45) is 11.7 Å². The van der Waals surface area contributed by atoms with Crippen LogP contribution in [0.4, 0.5) is 5.69 Å². The predicted molar refractivity (Wildman–Crippen MR) is 155 cm³/mol. The molecule has 206 valence electrons. The number of hydrogen-bond acceptors (Lipinski definition) is 5. The lowest BCUT2D eigenvalue weighted by molar-refractivity contribution is -0.119. The molecular weight excluding hydrogens is 559 g/mol. The number of hydrogen-bond donors (Lipinski definition) is 3. The molecule has 2 amide bonds. The van der Waals surface area contributed by atoms with Crippen LogP contribution in [0.5, 0.6) is 0 Å². The van der Waals surface area contributed by atoms with E-state index < -0.39 is 27.9 Å². The van der Waals surface area contributed by atoms with Crippen LogP contribution in [0.3, 0.4) is 0 Å². The zero-order chi connectivity index (χ0) is 28.3. The molecule has 3 aromatic carbocycles. The lowest BCUT2D eigenvalue weighted by Gasteiger charge is -2.44. The number of carbonyl (C=O) groups is 2. The highest BCUT2D eigenvalue weighted by molar-refractivity contribution is 7.92. The van der Waals surface area contributed by atoms with Crippen molar-refractivity contribution in [3.8, 4) is 0 Å². The van der Waals surface area contributed by atoms with Crippen LogP contribution < -0.4 is 15.8 Å². The number of nitrogens with one attached hydrogen (secondary N) is 2. The smallest absolute Gasteiger partial charge is 0.252 e. The molecule has 0 unspecified atom stereocenters. The van der Waals surface area contributed by atoms with Gasteiger partial charge in [0.25, 0.3) is 5.91 Å². The molecule has 39 heavy (non-hydrogen) atoms. The number of amides is 2. The van der Waals surface area contributed by atoms with Crippen LogP contribution >= 0.6 is 23.2 Å². The van der Waals surface area contributed by atoms with Crippen molar-refractivity contribution in [1.82, 2.24) is 10.2 Å². The van der Waals surface area contributed by atoms with E-state index in [0.29, 0.717) is 28.7 Å². The van der Waals surface area contributed by atoms with Crippen LogP contribution in [0.25, 0.3) is 0 Å². The summed E-state index contributed by atoms with van der Waals surface area (Å²) in [5.74, 6) is -1.32. The van der Waals surface area contributed by atoms with E-state index in [1.165, 1.54) is 13.0 Å². The standard InChI is InChI=1S/C28H30Cl2N4O4S/c1-17-11-22(28(36)32-18(2)27(31)35)13-25(12-17)33-39(37,38)16-19-14-34(15-19)26(20-3-7-23(29)8-4-20)21-5-9-24(30)10-6-21/h3-13,18-19,26,33H,14-16H2,1-2H3,(H2,31,35)(H,32,36)/t18-/m0/s1. The Kier molecular flexibility index (Phi) is 8.86. The zero-order valence-electron chi connectivity index (χ0n) is 21.5. The Bertz CT molecular complexity index is 1410. The maximum atomic E-state index is 13.0. The Hall–Kier alpha value is -3.11. The summed E-state index contributed by atoms with van der Waals surface area (Å²) in [4.78, 5) is 26.0. The van der Waals surface area contributed by atoms with Crippen molar-refractivity contribution >= 4 is 50.7 Å². The third-order valence-corrected chi connectivity index (χ3v) is 8.53. The monoisotopic (exact) mass is 588 g/mol. The Morgan fingerprint density at radius 2 is 1.51 bits per heavy atom. The summed E-state index contributed by atoms with van der Waals surface area (Å²) in [5, 5.41) is 3.79. The molecule has 11 heteroatoms. The van der Waals surface area contributed by atoms with Crippen molar-refractivity contribution in [2.75, 3.05) is 23.6 Å². The number of benzene rings is 3. The second-order valence-corrected chi connectivity index (χ2v) is 12.5. The van der Waals surface area contributed by atoms with Gasteiger partial charge in [-0.2, -0.15) is 0 Å². The molecule has 1 fully saturated rings. The largest absolute Gasteiger partial charge is 0.368 e. The lowest BCUT2D eigenvalue weighted by Crippen LogP contribution is -2.51. The lowest BCUT2D eigenvalue weighted by atomic mass is 9.91. The van der Waals surface area contributed by atoms with Gasteiger partial charge in [0, 0.05) is 40.3 Å². The number of nitrogens with two attached hydrogens (primary N) is 1. The van der Waals surface area contributed by atoms with Gasteiger partial charge in [-0.25, -0.2) is 8.42 Å². The van der Waals surface area contributed by atoms with Gasteiger partial charge in [-0.15, -0.1) is 0 Å². The number of aryl methyl sites for hydroxylation is 1. The van der Waals surface area contributed by atoms with E-state index in [-0.39, 0.29) is 29.0 Å². The van der Waals surface area contributed by atoms with E-state index in [1.807, 2.05) is 48.5 Å². The quantitative estimate of drug-likeness (QED) is 0.324. The predicted octanol–water partition coefficient (Wildman–Crippen LogP) is 4.37. The summed E-state index contributed by atoms with van der Waals surface area (Å²) in [6, 6.07) is 19.1. The molecule has 0 saturated carbocycles. The Morgan fingerprint density at radius 3 is 2.03 bits per heavy atom. The fourth-order valence-electron chi connectivity index (χ4n) is 4.69. The van der Waals surface area contributed by atoms with E-state index >= 15 is 0 Å². The van der Waals surface area contributed by atoms with Crippen LogP contribution in [-0.4, -0.2) is 50.0 Å². The fraction of sp³-hybridized carbons (Fsp3) is 0.286. The van der Waals surface area contributed by atoms with Gasteiger partial charge in [-0.3, -0.25) is 19.2 Å². The molecule has 1 aliphatic rings. The molecule has 0 spiro atoms. The molecule has 4 N–H and O–H groups in total. The number of sulfonamides is 1. The summed E-state index contributed by atoms with van der Waals surface area (Å²) < 4.78 is 28.7. The van der Waals surface area contributed by atoms with Gasteiger partial charge in [0.2, 0.25) is 15.9 Å². The molecule has 8 nitrogen and oxygen atoms in total. The zero-order valence-corrected chi connectivity index (χ0v) is 23.9. The van der Waals surface area contributed by atoms with Crippen LogP contribution in [0, 0.1) is 12.8 Å². The van der Waals surface area contributed by atoms with Crippen molar-refractivity contribution in [3.05, 3.63) is 99.0 Å². The number of halogens is 2. The molecule has 0 aromatic heterocycles. The van der Waals surface area contributed by atoms with Crippen LogP contribution in [-0.2, 0) is 14.8 Å². The van der Waals surface area contributed by atoms with E-state index in [2.05, 4.69) is 14.9 Å². The average molecular weight is 590 g/mol. The number of rotatable bonds is 10. The van der Waals surface area contributed by atoms with Gasteiger partial charge in [0.1, 0.15) is 6.04 Å². The Balaban J connectivity index is 1.43. The molecule has 0 bridgehead atoms. The fourth-order valence-corrected chi connectivity index (χ4v) is 6.33. The topological polar surface area (TPSA) is 122 Å². The van der Waals surface area contributed by atoms with Gasteiger partial charge in [0.15, 0.2) is 0 Å². The van der Waals surface area contributed by atoms with Crippen molar-refractivity contribution in [1.29, 1.82) is 0 Å². The molecular formula is C28H30Cl2N4O4S. The van der Waals surface area contributed by atoms with E-state index in [0.717, 1.165) is 11.1 Å². The maximum Gasteiger partial charge on any atom is 0.252 e. The highest BCUT2D eigenvalue weighted by Gasteiger charge is 2.36. The number of anilines is 1. The Morgan fingerprint density at radius 1 is 0.974 bits per heavy atom. The highest BCUT2D eigenvalue weighted by atomic mass is 35.5. The summed E-state index contributed by atoms with van der Waals surface area (Å²) in [7, 11) is -3.70. The van der Waals surface area contributed by atoms with Gasteiger partial charge in [-0.1, -0.05) is 47.5 Å². The highest BCUT2D eigenvalue weighted by Crippen LogP contribution is 2.36. The first kappa shape index (κ1) is 28.9. The second-order valence-electron chi connectivity index (χ2n) is 9.89. The minimum Gasteiger partial charge on any atom is -0.368 e. The third kappa shape index (κ3) is 7.51. The molecule has 1 saturated heterocycles. The number of primary amides is 1. The van der Waals surface area contributed by atoms with Gasteiger partial charge in [-0.05, 0) is 73.0 Å². The van der Waals surface area contributed by atoms with E-state index in [1.54, 1.807) is 19.1 Å². The first-order valence-corrected chi connectivity index (χ1v) is 14.8. The molecule has 4 rings (SSSR count). The normalized spacial score (nSPS) is 15.0. The van der Waals surface area contributed by atoms with Crippen LogP contribution in [0.1, 0.15) is 40.0 Å². The molecule has 3 aromatic rings. The third-order valence-electron chi connectivity index (χ3n) is 6.56. The molecule has 0 aliphatic carbocycles. The van der Waals surface area contributed by atoms with E-state index in [4.69, 9.17) is 28.9 Å². The van der Waals surface area contributed by atoms with Crippen molar-refractivity contribution in [3.63, 3.8) is 0 Å². The number of likely N-dealkylation sites (tertiary alicyclic amines) is 1.